The molecule has 2 N–H and O–H groups in total. The first-order valence-electron chi connectivity index (χ1n) is 9.02. The van der Waals surface area contributed by atoms with Crippen molar-refractivity contribution in [1.82, 2.24) is 0 Å². The van der Waals surface area contributed by atoms with Crippen LogP contribution < -0.4 is 5.73 Å². The van der Waals surface area contributed by atoms with E-state index in [1.165, 1.54) is 77.0 Å². The smallest absolute Gasteiger partial charge is 0.0129 e. The van der Waals surface area contributed by atoms with Crippen LogP contribution in [0.1, 0.15) is 90.9 Å². The molecule has 0 heterocycles. The molecule has 2 rings (SSSR count). The second-order valence-corrected chi connectivity index (χ2v) is 7.14. The number of fused-ring (bicyclic) bond motifs is 1. The van der Waals surface area contributed by atoms with E-state index in [0.29, 0.717) is 11.5 Å². The number of rotatable bonds is 2. The molecule has 19 heavy (non-hydrogen) atoms. The molecule has 0 aromatic rings. The van der Waals surface area contributed by atoms with Crippen LogP contribution in [0.15, 0.2) is 0 Å². The third kappa shape index (κ3) is 3.01. The molecule has 0 saturated heterocycles. The van der Waals surface area contributed by atoms with E-state index in [9.17, 15) is 0 Å². The predicted molar refractivity (Wildman–Crippen MR) is 84.1 cm³/mol. The van der Waals surface area contributed by atoms with Crippen molar-refractivity contribution in [3.63, 3.8) is 0 Å². The van der Waals surface area contributed by atoms with Gasteiger partial charge in [-0.1, -0.05) is 65.2 Å². The van der Waals surface area contributed by atoms with Gasteiger partial charge >= 0.3 is 0 Å². The minimum Gasteiger partial charge on any atom is -0.327 e. The van der Waals surface area contributed by atoms with E-state index in [0.717, 1.165) is 11.8 Å². The molecular formula is C18H35N. The van der Waals surface area contributed by atoms with E-state index in [2.05, 4.69) is 13.8 Å². The molecule has 0 spiro atoms. The molecule has 0 aliphatic heterocycles. The molecule has 0 radical (unpaired) electrons. The number of hydrogen-bond donors (Lipinski definition) is 1. The zero-order valence-electron chi connectivity index (χ0n) is 13.3. The fraction of sp³-hybridized carbons (Fsp3) is 1.00. The van der Waals surface area contributed by atoms with Gasteiger partial charge in [-0.2, -0.15) is 0 Å². The summed E-state index contributed by atoms with van der Waals surface area (Å²) in [5, 5.41) is 0. The Bertz CT molecular complexity index is 256. The lowest BCUT2D eigenvalue weighted by molar-refractivity contribution is -0.0890. The highest BCUT2D eigenvalue weighted by atomic mass is 14.8. The summed E-state index contributed by atoms with van der Waals surface area (Å²) >= 11 is 0. The maximum atomic E-state index is 6.61. The summed E-state index contributed by atoms with van der Waals surface area (Å²) in [5.74, 6) is 1.79. The van der Waals surface area contributed by atoms with Crippen molar-refractivity contribution < 1.29 is 0 Å². The lowest BCUT2D eigenvalue weighted by Crippen LogP contribution is -2.64. The average molecular weight is 265 g/mol. The zero-order chi connectivity index (χ0) is 13.7. The van der Waals surface area contributed by atoms with E-state index >= 15 is 0 Å². The molecule has 1 heteroatoms. The van der Waals surface area contributed by atoms with Crippen molar-refractivity contribution in [2.45, 2.75) is 96.9 Å². The van der Waals surface area contributed by atoms with Crippen molar-refractivity contribution in [1.29, 1.82) is 0 Å². The summed E-state index contributed by atoms with van der Waals surface area (Å²) in [6.45, 7) is 4.74. The minimum atomic E-state index is 0.495. The fourth-order valence-electron chi connectivity index (χ4n) is 5.16. The molecule has 1 nitrogen and oxygen atoms in total. The predicted octanol–water partition coefficient (Wildman–Crippen LogP) is 5.28. The van der Waals surface area contributed by atoms with Crippen LogP contribution in [0, 0.1) is 17.3 Å². The van der Waals surface area contributed by atoms with Crippen molar-refractivity contribution in [2.24, 2.45) is 23.0 Å². The molecule has 2 saturated carbocycles. The van der Waals surface area contributed by atoms with Crippen LogP contribution in [0.4, 0.5) is 0 Å². The van der Waals surface area contributed by atoms with Crippen LogP contribution in [-0.2, 0) is 0 Å². The van der Waals surface area contributed by atoms with Crippen molar-refractivity contribution in [3.05, 3.63) is 0 Å². The Balaban J connectivity index is 1.98. The van der Waals surface area contributed by atoms with Gasteiger partial charge in [0.15, 0.2) is 0 Å². The van der Waals surface area contributed by atoms with Gasteiger partial charge in [-0.15, -0.1) is 0 Å². The standard InChI is InChI=1S/C18H35N/c1-3-18(4-2)16-14-12-10-8-6-5-7-9-11-13-15(16)17(18)19/h15-17H,3-14,19H2,1-2H3. The lowest BCUT2D eigenvalue weighted by atomic mass is 9.46. The average Bonchev–Trinajstić information content (AvgIpc) is 2.42. The molecule has 0 amide bonds. The summed E-state index contributed by atoms with van der Waals surface area (Å²) in [5.41, 5.74) is 7.11. The quantitative estimate of drug-likeness (QED) is 0.722. The van der Waals surface area contributed by atoms with Crippen LogP contribution in [0.3, 0.4) is 0 Å². The highest BCUT2D eigenvalue weighted by molar-refractivity contribution is 5.09. The van der Waals surface area contributed by atoms with Crippen LogP contribution in [-0.4, -0.2) is 6.04 Å². The first-order chi connectivity index (χ1) is 9.26. The van der Waals surface area contributed by atoms with Crippen LogP contribution in [0.25, 0.3) is 0 Å². The molecule has 0 bridgehead atoms. The van der Waals surface area contributed by atoms with Gasteiger partial charge in [0.1, 0.15) is 0 Å². The summed E-state index contributed by atoms with van der Waals surface area (Å²) in [6, 6.07) is 0.496. The second kappa shape index (κ2) is 7.11. The van der Waals surface area contributed by atoms with Gasteiger partial charge in [-0.05, 0) is 42.9 Å². The SMILES string of the molecule is CCC1(CC)C(N)C2CCCCCCCCCCC21. The van der Waals surface area contributed by atoms with Crippen LogP contribution >= 0.6 is 0 Å². The lowest BCUT2D eigenvalue weighted by Gasteiger charge is -2.61. The normalized spacial score (nSPS) is 36.5. The molecular weight excluding hydrogens is 230 g/mol. The molecule has 112 valence electrons. The van der Waals surface area contributed by atoms with Gasteiger partial charge in [0.25, 0.3) is 0 Å². The maximum Gasteiger partial charge on any atom is 0.0129 e. The summed E-state index contributed by atoms with van der Waals surface area (Å²) in [7, 11) is 0. The summed E-state index contributed by atoms with van der Waals surface area (Å²) in [6.07, 6.45) is 17.1. The second-order valence-electron chi connectivity index (χ2n) is 7.14. The van der Waals surface area contributed by atoms with E-state index in [4.69, 9.17) is 5.73 Å². The number of hydrogen-bond acceptors (Lipinski definition) is 1. The summed E-state index contributed by atoms with van der Waals surface area (Å²) < 4.78 is 0. The highest BCUT2D eigenvalue weighted by Gasteiger charge is 2.56. The molecule has 0 aromatic carbocycles. The zero-order valence-corrected chi connectivity index (χ0v) is 13.3. The first-order valence-corrected chi connectivity index (χ1v) is 9.02. The molecule has 2 aliphatic rings. The molecule has 3 atom stereocenters. The minimum absolute atomic E-state index is 0.495. The van der Waals surface area contributed by atoms with Gasteiger partial charge in [0.05, 0.1) is 0 Å². The van der Waals surface area contributed by atoms with Crippen molar-refractivity contribution in [3.8, 4) is 0 Å². The van der Waals surface area contributed by atoms with Crippen LogP contribution in [0.2, 0.25) is 0 Å². The number of nitrogens with two attached hydrogens (primary N) is 1. The Morgan fingerprint density at radius 2 is 1.26 bits per heavy atom. The van der Waals surface area contributed by atoms with E-state index in [1.54, 1.807) is 0 Å². The fourth-order valence-corrected chi connectivity index (χ4v) is 5.16. The van der Waals surface area contributed by atoms with Gasteiger partial charge in [-0.25, -0.2) is 0 Å². The monoisotopic (exact) mass is 265 g/mol. The Kier molecular flexibility index (Phi) is 5.74. The molecule has 3 unspecified atom stereocenters. The Morgan fingerprint density at radius 1 is 0.789 bits per heavy atom. The Morgan fingerprint density at radius 3 is 1.79 bits per heavy atom. The topological polar surface area (TPSA) is 26.0 Å². The van der Waals surface area contributed by atoms with Crippen molar-refractivity contribution >= 4 is 0 Å². The third-order valence-electron chi connectivity index (χ3n) is 6.50. The molecule has 0 aromatic heterocycles. The van der Waals surface area contributed by atoms with E-state index < -0.39 is 0 Å². The first kappa shape index (κ1) is 15.4. The molecule has 2 fully saturated rings. The van der Waals surface area contributed by atoms with Gasteiger partial charge in [0, 0.05) is 6.04 Å². The van der Waals surface area contributed by atoms with E-state index in [-0.39, 0.29) is 0 Å². The van der Waals surface area contributed by atoms with E-state index in [1.807, 2.05) is 0 Å². The largest absolute Gasteiger partial charge is 0.327 e. The summed E-state index contributed by atoms with van der Waals surface area (Å²) in [4.78, 5) is 0. The Labute approximate surface area is 120 Å². The van der Waals surface area contributed by atoms with Crippen LogP contribution in [0.5, 0.6) is 0 Å². The highest BCUT2D eigenvalue weighted by Crippen LogP contribution is 2.58. The third-order valence-corrected chi connectivity index (χ3v) is 6.50. The Hall–Kier alpha value is -0.0400. The molecule has 2 aliphatic carbocycles. The van der Waals surface area contributed by atoms with Crippen molar-refractivity contribution in [2.75, 3.05) is 0 Å². The van der Waals surface area contributed by atoms with Gasteiger partial charge in [-0.3, -0.25) is 0 Å². The van der Waals surface area contributed by atoms with Gasteiger partial charge < -0.3 is 5.73 Å². The van der Waals surface area contributed by atoms with Gasteiger partial charge in [0.2, 0.25) is 0 Å². The maximum absolute atomic E-state index is 6.61.